The molecule has 0 unspecified atom stereocenters. The zero-order chi connectivity index (χ0) is 19.4. The number of aryl methyl sites for hydroxylation is 1. The summed E-state index contributed by atoms with van der Waals surface area (Å²) < 4.78 is 1.31. The Balaban J connectivity index is 2.09. The molecular weight excluding hydrogens is 352 g/mol. The molecule has 0 saturated carbocycles. The lowest BCUT2D eigenvalue weighted by atomic mass is 10.1. The summed E-state index contributed by atoms with van der Waals surface area (Å²) in [5.74, 6) is -1.08. The topological polar surface area (TPSA) is 176 Å². The largest absolute Gasteiger partial charge is 0.390 e. The van der Waals surface area contributed by atoms with Crippen LogP contribution in [0.4, 0.5) is 17.2 Å². The van der Waals surface area contributed by atoms with E-state index in [2.05, 4.69) is 10.4 Å². The predicted molar refractivity (Wildman–Crippen MR) is 85.7 cm³/mol. The number of hydrogen-bond donors (Lipinski definition) is 1. The number of nitro groups is 3. The maximum Gasteiger partial charge on any atom is 0.390 e. The van der Waals surface area contributed by atoms with E-state index in [1.807, 2.05) is 0 Å². The average molecular weight is 364 g/mol. The van der Waals surface area contributed by atoms with Crippen molar-refractivity contribution in [3.05, 3.63) is 65.9 Å². The molecule has 13 heteroatoms. The molecule has 0 aliphatic heterocycles. The first kappa shape index (κ1) is 18.4. The van der Waals surface area contributed by atoms with Crippen LogP contribution in [0.2, 0.25) is 0 Å². The lowest BCUT2D eigenvalue weighted by molar-refractivity contribution is -0.394. The number of nitro benzene ring substituents is 2. The van der Waals surface area contributed by atoms with Gasteiger partial charge in [0.1, 0.15) is 0 Å². The molecule has 1 aromatic carbocycles. The average Bonchev–Trinajstić information content (AvgIpc) is 2.95. The molecule has 0 aliphatic carbocycles. The second-order valence-electron chi connectivity index (χ2n) is 5.13. The van der Waals surface area contributed by atoms with E-state index in [9.17, 15) is 35.1 Å². The maximum atomic E-state index is 12.1. The van der Waals surface area contributed by atoms with Crippen molar-refractivity contribution in [3.8, 4) is 0 Å². The molecule has 0 bridgehead atoms. The van der Waals surface area contributed by atoms with E-state index in [1.165, 1.54) is 10.7 Å². The van der Waals surface area contributed by atoms with Crippen molar-refractivity contribution in [1.29, 1.82) is 0 Å². The third-order valence-electron chi connectivity index (χ3n) is 3.35. The molecule has 1 heterocycles. The standard InChI is InChI=1S/C13H12N6O7/c1-8-4-12(19(25)26)15-16(8)3-2-14-13(20)9-5-10(17(21)22)7-11(6-9)18(23)24/h4-7H,2-3H2,1H3,(H,14,20). The van der Waals surface area contributed by atoms with Crippen molar-refractivity contribution in [3.63, 3.8) is 0 Å². The third-order valence-corrected chi connectivity index (χ3v) is 3.35. The smallest absolute Gasteiger partial charge is 0.358 e. The number of nitrogens with zero attached hydrogens (tertiary/aromatic N) is 5. The SMILES string of the molecule is Cc1cc([N+](=O)[O-])nn1CCNC(=O)c1cc([N+](=O)[O-])cc([N+](=O)[O-])c1. The van der Waals surface area contributed by atoms with Crippen LogP contribution in [0.25, 0.3) is 0 Å². The molecule has 2 aromatic rings. The van der Waals surface area contributed by atoms with Crippen molar-refractivity contribution < 1.29 is 19.6 Å². The first-order valence-electron chi connectivity index (χ1n) is 7.10. The van der Waals surface area contributed by atoms with Crippen LogP contribution >= 0.6 is 0 Å². The van der Waals surface area contributed by atoms with Gasteiger partial charge in [0.15, 0.2) is 0 Å². The van der Waals surface area contributed by atoms with Crippen molar-refractivity contribution >= 4 is 23.1 Å². The Bertz CT molecular complexity index is 874. The van der Waals surface area contributed by atoms with E-state index in [4.69, 9.17) is 0 Å². The molecule has 1 aromatic heterocycles. The van der Waals surface area contributed by atoms with Gasteiger partial charge in [0.2, 0.25) is 0 Å². The van der Waals surface area contributed by atoms with E-state index >= 15 is 0 Å². The van der Waals surface area contributed by atoms with E-state index < -0.39 is 32.1 Å². The summed E-state index contributed by atoms with van der Waals surface area (Å²) in [4.78, 5) is 42.1. The maximum absolute atomic E-state index is 12.1. The van der Waals surface area contributed by atoms with Gasteiger partial charge in [-0.3, -0.25) is 25.0 Å². The van der Waals surface area contributed by atoms with Gasteiger partial charge in [-0.1, -0.05) is 0 Å². The first-order chi connectivity index (χ1) is 12.2. The van der Waals surface area contributed by atoms with Crippen LogP contribution in [0.15, 0.2) is 24.3 Å². The fourth-order valence-corrected chi connectivity index (χ4v) is 2.12. The van der Waals surface area contributed by atoms with Crippen LogP contribution in [0.3, 0.4) is 0 Å². The second kappa shape index (κ2) is 7.33. The van der Waals surface area contributed by atoms with Gasteiger partial charge in [-0.15, -0.1) is 0 Å². The van der Waals surface area contributed by atoms with Crippen LogP contribution in [-0.2, 0) is 6.54 Å². The number of non-ortho nitro benzene ring substituents is 2. The molecule has 0 spiro atoms. The minimum atomic E-state index is -0.837. The number of amides is 1. The third kappa shape index (κ3) is 4.14. The van der Waals surface area contributed by atoms with E-state index in [0.29, 0.717) is 5.69 Å². The zero-order valence-electron chi connectivity index (χ0n) is 13.3. The van der Waals surface area contributed by atoms with Crippen molar-refractivity contribution in [2.45, 2.75) is 13.5 Å². The van der Waals surface area contributed by atoms with Crippen LogP contribution in [0, 0.1) is 37.3 Å². The Morgan fingerprint density at radius 3 is 2.08 bits per heavy atom. The number of hydrogen-bond acceptors (Lipinski definition) is 8. The van der Waals surface area contributed by atoms with E-state index in [-0.39, 0.29) is 24.5 Å². The molecule has 1 amide bonds. The van der Waals surface area contributed by atoms with E-state index in [0.717, 1.165) is 18.2 Å². The Morgan fingerprint density at radius 1 is 1.04 bits per heavy atom. The van der Waals surface area contributed by atoms with Crippen LogP contribution in [-0.4, -0.2) is 37.0 Å². The number of benzene rings is 1. The quantitative estimate of drug-likeness (QED) is 0.565. The minimum Gasteiger partial charge on any atom is -0.358 e. The molecule has 26 heavy (non-hydrogen) atoms. The summed E-state index contributed by atoms with van der Waals surface area (Å²) in [7, 11) is 0. The Kier molecular flexibility index (Phi) is 5.20. The summed E-state index contributed by atoms with van der Waals surface area (Å²) in [6.07, 6.45) is 0. The van der Waals surface area contributed by atoms with Gasteiger partial charge in [-0.2, -0.15) is 4.68 Å². The number of aromatic nitrogens is 2. The highest BCUT2D eigenvalue weighted by molar-refractivity contribution is 5.95. The summed E-state index contributed by atoms with van der Waals surface area (Å²) in [5, 5.41) is 38.5. The Morgan fingerprint density at radius 2 is 1.62 bits per heavy atom. The number of carbonyl (C=O) groups is 1. The highest BCUT2D eigenvalue weighted by Crippen LogP contribution is 2.22. The molecule has 1 N–H and O–H groups in total. The Labute approximate surface area is 144 Å². The Hall–Kier alpha value is -3.90. The van der Waals surface area contributed by atoms with Crippen LogP contribution in [0.1, 0.15) is 16.1 Å². The number of rotatable bonds is 7. The summed E-state index contributed by atoms with van der Waals surface area (Å²) in [6.45, 7) is 1.73. The van der Waals surface area contributed by atoms with Crippen molar-refractivity contribution in [2.75, 3.05) is 6.54 Å². The van der Waals surface area contributed by atoms with Gasteiger partial charge in [-0.05, 0) is 11.8 Å². The van der Waals surface area contributed by atoms with Crippen LogP contribution in [0.5, 0.6) is 0 Å². The van der Waals surface area contributed by atoms with Gasteiger partial charge in [0, 0.05) is 18.7 Å². The molecule has 13 nitrogen and oxygen atoms in total. The lowest BCUT2D eigenvalue weighted by Gasteiger charge is -2.05. The molecule has 0 radical (unpaired) electrons. The predicted octanol–water partition coefficient (Wildman–Crippen LogP) is 1.35. The summed E-state index contributed by atoms with van der Waals surface area (Å²) in [6, 6.07) is 3.87. The van der Waals surface area contributed by atoms with Gasteiger partial charge < -0.3 is 15.4 Å². The summed E-state index contributed by atoms with van der Waals surface area (Å²) >= 11 is 0. The molecule has 0 saturated heterocycles. The molecule has 136 valence electrons. The highest BCUT2D eigenvalue weighted by Gasteiger charge is 2.20. The zero-order valence-corrected chi connectivity index (χ0v) is 13.3. The molecule has 0 aliphatic rings. The number of carbonyl (C=O) groups excluding carboxylic acids is 1. The van der Waals surface area contributed by atoms with Crippen molar-refractivity contribution in [1.82, 2.24) is 15.1 Å². The fraction of sp³-hybridized carbons (Fsp3) is 0.231. The second-order valence-corrected chi connectivity index (χ2v) is 5.13. The minimum absolute atomic E-state index is 0.00893. The lowest BCUT2D eigenvalue weighted by Crippen LogP contribution is -2.28. The molecular formula is C13H12N6O7. The van der Waals surface area contributed by atoms with E-state index in [1.54, 1.807) is 6.92 Å². The molecule has 0 atom stereocenters. The van der Waals surface area contributed by atoms with Crippen molar-refractivity contribution in [2.24, 2.45) is 0 Å². The number of nitrogens with one attached hydrogen (secondary N) is 1. The molecule has 2 rings (SSSR count). The highest BCUT2D eigenvalue weighted by atomic mass is 16.6. The molecule has 0 fully saturated rings. The normalized spacial score (nSPS) is 10.3. The first-order valence-corrected chi connectivity index (χ1v) is 7.10. The fourth-order valence-electron chi connectivity index (χ4n) is 2.12. The summed E-state index contributed by atoms with van der Waals surface area (Å²) in [5.41, 5.74) is -0.892. The monoisotopic (exact) mass is 364 g/mol. The van der Waals surface area contributed by atoms with Gasteiger partial charge in [-0.25, -0.2) is 0 Å². The van der Waals surface area contributed by atoms with Gasteiger partial charge in [0.25, 0.3) is 17.3 Å². The van der Waals surface area contributed by atoms with Crippen LogP contribution < -0.4 is 5.32 Å². The van der Waals surface area contributed by atoms with Gasteiger partial charge >= 0.3 is 5.82 Å². The van der Waals surface area contributed by atoms with Gasteiger partial charge in [0.05, 0.1) is 44.9 Å².